The lowest BCUT2D eigenvalue weighted by atomic mass is 10.1. The largest absolute Gasteiger partial charge is 0.315 e. The van der Waals surface area contributed by atoms with Crippen LogP contribution in [-0.4, -0.2) is 43.9 Å². The van der Waals surface area contributed by atoms with E-state index in [1.807, 2.05) is 6.07 Å². The van der Waals surface area contributed by atoms with Gasteiger partial charge in [0.2, 0.25) is 10.0 Å². The minimum Gasteiger partial charge on any atom is -0.315 e. The molecule has 2 heterocycles. The summed E-state index contributed by atoms with van der Waals surface area (Å²) in [6.45, 7) is 6.34. The second-order valence-corrected chi connectivity index (χ2v) is 7.20. The number of fused-ring (bicyclic) bond motifs is 1. The van der Waals surface area contributed by atoms with Gasteiger partial charge in [0.15, 0.2) is 0 Å². The third kappa shape index (κ3) is 2.65. The van der Waals surface area contributed by atoms with E-state index < -0.39 is 10.0 Å². The average molecular weight is 317 g/mol. The summed E-state index contributed by atoms with van der Waals surface area (Å²) in [5.41, 5.74) is 0.740. The Hall–Kier alpha value is -1.76. The van der Waals surface area contributed by atoms with Crippen molar-refractivity contribution in [3.63, 3.8) is 0 Å². The summed E-state index contributed by atoms with van der Waals surface area (Å²) in [7, 11) is -3.53. The number of aromatic nitrogens is 1. The van der Waals surface area contributed by atoms with Gasteiger partial charge in [0.25, 0.3) is 0 Å². The van der Waals surface area contributed by atoms with Gasteiger partial charge in [-0.25, -0.2) is 8.42 Å². The number of pyridine rings is 1. The summed E-state index contributed by atoms with van der Waals surface area (Å²) in [4.78, 5) is 4.48. The summed E-state index contributed by atoms with van der Waals surface area (Å²) in [6, 6.07) is 5.31. The maximum Gasteiger partial charge on any atom is 0.243 e. The van der Waals surface area contributed by atoms with Crippen molar-refractivity contribution in [3.05, 3.63) is 42.7 Å². The number of hydrogen-bond donors (Lipinski definition) is 1. The molecule has 0 amide bonds. The first-order valence-corrected chi connectivity index (χ1v) is 8.78. The normalized spacial score (nSPS) is 17.3. The zero-order valence-electron chi connectivity index (χ0n) is 12.3. The standard InChI is InChI=1S/C16H19N3O2S/c1-2-13-11-18-12-14-5-3-6-15(16(13)14)22(20,21)19-9-4-7-17-8-10-19/h2-3,5-6,11-12,17H,1,4,7-10H2. The molecular formula is C16H19N3O2S. The quantitative estimate of drug-likeness (QED) is 0.938. The lowest BCUT2D eigenvalue weighted by Gasteiger charge is -2.21. The lowest BCUT2D eigenvalue weighted by Crippen LogP contribution is -2.34. The summed E-state index contributed by atoms with van der Waals surface area (Å²) in [5.74, 6) is 0. The van der Waals surface area contributed by atoms with Crippen LogP contribution in [0, 0.1) is 0 Å². The Morgan fingerprint density at radius 3 is 2.91 bits per heavy atom. The van der Waals surface area contributed by atoms with Crippen molar-refractivity contribution in [2.75, 3.05) is 26.2 Å². The van der Waals surface area contributed by atoms with Crippen LogP contribution in [0.15, 0.2) is 42.1 Å². The fourth-order valence-electron chi connectivity index (χ4n) is 2.80. The monoisotopic (exact) mass is 317 g/mol. The van der Waals surface area contributed by atoms with E-state index in [1.54, 1.807) is 34.9 Å². The van der Waals surface area contributed by atoms with Gasteiger partial charge in [-0.1, -0.05) is 24.8 Å². The van der Waals surface area contributed by atoms with Gasteiger partial charge < -0.3 is 5.32 Å². The van der Waals surface area contributed by atoms with Crippen LogP contribution in [0.1, 0.15) is 12.0 Å². The molecule has 1 N–H and O–H groups in total. The van der Waals surface area contributed by atoms with Gasteiger partial charge in [0.05, 0.1) is 4.90 Å². The predicted octanol–water partition coefficient (Wildman–Crippen LogP) is 1.86. The molecule has 1 aliphatic heterocycles. The fraction of sp³-hybridized carbons (Fsp3) is 0.312. The molecule has 0 radical (unpaired) electrons. The number of nitrogens with one attached hydrogen (secondary N) is 1. The van der Waals surface area contributed by atoms with Crippen molar-refractivity contribution in [2.24, 2.45) is 0 Å². The van der Waals surface area contributed by atoms with E-state index in [0.717, 1.165) is 23.9 Å². The number of benzene rings is 1. The van der Waals surface area contributed by atoms with Crippen LogP contribution in [0.5, 0.6) is 0 Å². The highest BCUT2D eigenvalue weighted by Crippen LogP contribution is 2.29. The molecule has 3 rings (SSSR count). The number of hydrogen-bond acceptors (Lipinski definition) is 4. The van der Waals surface area contributed by atoms with Crippen molar-refractivity contribution in [2.45, 2.75) is 11.3 Å². The van der Waals surface area contributed by atoms with Gasteiger partial charge in [-0.3, -0.25) is 4.98 Å². The highest BCUT2D eigenvalue weighted by atomic mass is 32.2. The lowest BCUT2D eigenvalue weighted by molar-refractivity contribution is 0.432. The molecule has 22 heavy (non-hydrogen) atoms. The van der Waals surface area contributed by atoms with Crippen molar-refractivity contribution in [1.82, 2.24) is 14.6 Å². The third-order valence-corrected chi connectivity index (χ3v) is 5.85. The first-order valence-electron chi connectivity index (χ1n) is 7.34. The first-order chi connectivity index (χ1) is 10.6. The summed E-state index contributed by atoms with van der Waals surface area (Å²) in [5, 5.41) is 4.74. The molecule has 1 aromatic heterocycles. The van der Waals surface area contributed by atoms with Gasteiger partial charge in [-0.2, -0.15) is 4.31 Å². The molecule has 5 nitrogen and oxygen atoms in total. The molecule has 0 saturated carbocycles. The molecule has 0 atom stereocenters. The molecule has 0 unspecified atom stereocenters. The van der Waals surface area contributed by atoms with Crippen LogP contribution in [-0.2, 0) is 10.0 Å². The Kier molecular flexibility index (Phi) is 4.24. The second kappa shape index (κ2) is 6.16. The number of nitrogens with zero attached hydrogens (tertiary/aromatic N) is 2. The molecule has 1 saturated heterocycles. The molecule has 1 aromatic carbocycles. The van der Waals surface area contributed by atoms with Gasteiger partial charge in [0, 0.05) is 48.4 Å². The highest BCUT2D eigenvalue weighted by Gasteiger charge is 2.27. The molecule has 1 aliphatic rings. The number of sulfonamides is 1. The van der Waals surface area contributed by atoms with E-state index in [4.69, 9.17) is 0 Å². The smallest absolute Gasteiger partial charge is 0.243 e. The van der Waals surface area contributed by atoms with Gasteiger partial charge in [0.1, 0.15) is 0 Å². The second-order valence-electron chi connectivity index (χ2n) is 5.29. The summed E-state index contributed by atoms with van der Waals surface area (Å²) < 4.78 is 27.7. The van der Waals surface area contributed by atoms with Crippen molar-refractivity contribution < 1.29 is 8.42 Å². The molecule has 1 fully saturated rings. The predicted molar refractivity (Wildman–Crippen MR) is 88.1 cm³/mol. The van der Waals surface area contributed by atoms with E-state index in [9.17, 15) is 8.42 Å². The van der Waals surface area contributed by atoms with Crippen LogP contribution in [0.4, 0.5) is 0 Å². The Bertz CT molecular complexity index is 789. The summed E-state index contributed by atoms with van der Waals surface area (Å²) >= 11 is 0. The Balaban J connectivity index is 2.18. The van der Waals surface area contributed by atoms with Crippen LogP contribution < -0.4 is 5.32 Å². The van der Waals surface area contributed by atoms with Crippen LogP contribution in [0.3, 0.4) is 0 Å². The Morgan fingerprint density at radius 1 is 1.23 bits per heavy atom. The summed E-state index contributed by atoms with van der Waals surface area (Å²) in [6.07, 6.45) is 5.81. The zero-order chi connectivity index (χ0) is 15.6. The van der Waals surface area contributed by atoms with E-state index >= 15 is 0 Å². The Morgan fingerprint density at radius 2 is 2.09 bits per heavy atom. The van der Waals surface area contributed by atoms with E-state index in [0.29, 0.717) is 29.9 Å². The van der Waals surface area contributed by atoms with Gasteiger partial charge in [-0.05, 0) is 19.0 Å². The molecule has 6 heteroatoms. The molecule has 0 spiro atoms. The molecule has 2 aromatic rings. The van der Waals surface area contributed by atoms with Gasteiger partial charge >= 0.3 is 0 Å². The topological polar surface area (TPSA) is 62.3 Å². The van der Waals surface area contributed by atoms with Crippen molar-refractivity contribution in [1.29, 1.82) is 0 Å². The number of rotatable bonds is 3. The Labute approximate surface area is 130 Å². The average Bonchev–Trinajstić information content (AvgIpc) is 2.83. The molecule has 116 valence electrons. The van der Waals surface area contributed by atoms with E-state index in [2.05, 4.69) is 16.9 Å². The minimum atomic E-state index is -3.53. The van der Waals surface area contributed by atoms with Crippen LogP contribution >= 0.6 is 0 Å². The SMILES string of the molecule is C=Cc1cncc2cccc(S(=O)(=O)N3CCCNCC3)c12. The minimum absolute atomic E-state index is 0.337. The maximum absolute atomic E-state index is 13.1. The zero-order valence-corrected chi connectivity index (χ0v) is 13.1. The van der Waals surface area contributed by atoms with E-state index in [1.165, 1.54) is 0 Å². The third-order valence-electron chi connectivity index (χ3n) is 3.91. The highest BCUT2D eigenvalue weighted by molar-refractivity contribution is 7.89. The van der Waals surface area contributed by atoms with Crippen molar-refractivity contribution >= 4 is 26.9 Å². The molecule has 0 aliphatic carbocycles. The van der Waals surface area contributed by atoms with Crippen LogP contribution in [0.2, 0.25) is 0 Å². The van der Waals surface area contributed by atoms with Crippen LogP contribution in [0.25, 0.3) is 16.8 Å². The maximum atomic E-state index is 13.1. The molecule has 0 bridgehead atoms. The first kappa shape index (κ1) is 15.1. The van der Waals surface area contributed by atoms with E-state index in [-0.39, 0.29) is 0 Å². The molecular weight excluding hydrogens is 298 g/mol. The van der Waals surface area contributed by atoms with Crippen molar-refractivity contribution in [3.8, 4) is 0 Å². The fourth-order valence-corrected chi connectivity index (χ4v) is 4.52. The van der Waals surface area contributed by atoms with Gasteiger partial charge in [-0.15, -0.1) is 0 Å².